The zero-order valence-electron chi connectivity index (χ0n) is 15.3. The minimum absolute atomic E-state index is 0.0397. The Morgan fingerprint density at radius 3 is 2.78 bits per heavy atom. The lowest BCUT2D eigenvalue weighted by atomic mass is 9.72. The molecular weight excluding hydrogens is 364 g/mol. The number of hydrogen-bond donors (Lipinski definition) is 2. The Morgan fingerprint density at radius 2 is 2.15 bits per heavy atom. The fraction of sp³-hybridized carbons (Fsp3) is 0.368. The lowest BCUT2D eigenvalue weighted by Crippen LogP contribution is -2.44. The standard InChI is InChI=1S/C19H20N4O3S/c1-19(2)14(8-20)17(25)23-18(15(19)9-21)27-11-16(24)22-10-12-5-4-6-13(7-12)26-3/h4-7,14H,10-11H2,1-3H3,(H,22,24)(H,23,25)/t14-/m1/s1. The number of nitriles is 2. The average molecular weight is 384 g/mol. The molecule has 7 nitrogen and oxygen atoms in total. The van der Waals surface area contributed by atoms with E-state index >= 15 is 0 Å². The summed E-state index contributed by atoms with van der Waals surface area (Å²) in [5, 5.41) is 24.4. The summed E-state index contributed by atoms with van der Waals surface area (Å²) >= 11 is 1.08. The van der Waals surface area contributed by atoms with E-state index in [2.05, 4.69) is 16.7 Å². The highest BCUT2D eigenvalue weighted by Crippen LogP contribution is 2.41. The summed E-state index contributed by atoms with van der Waals surface area (Å²) in [4.78, 5) is 24.3. The second kappa shape index (κ2) is 8.61. The lowest BCUT2D eigenvalue weighted by molar-refractivity contribution is -0.125. The molecule has 1 aliphatic heterocycles. The van der Waals surface area contributed by atoms with Crippen LogP contribution in [0.15, 0.2) is 34.9 Å². The molecule has 0 radical (unpaired) electrons. The van der Waals surface area contributed by atoms with Crippen molar-refractivity contribution in [3.05, 3.63) is 40.4 Å². The monoisotopic (exact) mass is 384 g/mol. The van der Waals surface area contributed by atoms with Gasteiger partial charge < -0.3 is 15.4 Å². The van der Waals surface area contributed by atoms with Crippen molar-refractivity contribution in [3.63, 3.8) is 0 Å². The largest absolute Gasteiger partial charge is 0.497 e. The van der Waals surface area contributed by atoms with E-state index in [1.807, 2.05) is 30.3 Å². The number of benzene rings is 1. The molecule has 0 saturated heterocycles. The van der Waals surface area contributed by atoms with Crippen LogP contribution in [-0.4, -0.2) is 24.7 Å². The zero-order valence-corrected chi connectivity index (χ0v) is 16.1. The molecule has 0 aliphatic carbocycles. The number of nitrogens with one attached hydrogen (secondary N) is 2. The quantitative estimate of drug-likeness (QED) is 0.776. The molecule has 2 amide bonds. The minimum atomic E-state index is -0.946. The van der Waals surface area contributed by atoms with Gasteiger partial charge >= 0.3 is 0 Å². The third-order valence-corrected chi connectivity index (χ3v) is 5.31. The first kappa shape index (κ1) is 20.3. The average Bonchev–Trinajstić information content (AvgIpc) is 2.64. The summed E-state index contributed by atoms with van der Waals surface area (Å²) in [5.41, 5.74) is 0.290. The van der Waals surface area contributed by atoms with Crippen LogP contribution in [0, 0.1) is 34.0 Å². The van der Waals surface area contributed by atoms with E-state index in [0.717, 1.165) is 17.3 Å². The maximum atomic E-state index is 12.1. The van der Waals surface area contributed by atoms with E-state index in [1.165, 1.54) is 0 Å². The first-order chi connectivity index (χ1) is 12.8. The van der Waals surface area contributed by atoms with Crippen LogP contribution >= 0.6 is 11.8 Å². The van der Waals surface area contributed by atoms with Crippen molar-refractivity contribution in [3.8, 4) is 17.9 Å². The van der Waals surface area contributed by atoms with Crippen molar-refractivity contribution in [2.24, 2.45) is 11.3 Å². The van der Waals surface area contributed by atoms with Crippen LogP contribution in [0.25, 0.3) is 0 Å². The number of hydrogen-bond acceptors (Lipinski definition) is 6. The van der Waals surface area contributed by atoms with Gasteiger partial charge in [0, 0.05) is 12.0 Å². The van der Waals surface area contributed by atoms with Gasteiger partial charge in [0.25, 0.3) is 0 Å². The van der Waals surface area contributed by atoms with Crippen molar-refractivity contribution in [1.82, 2.24) is 10.6 Å². The van der Waals surface area contributed by atoms with Crippen molar-refractivity contribution >= 4 is 23.6 Å². The van der Waals surface area contributed by atoms with Gasteiger partial charge in [-0.1, -0.05) is 37.7 Å². The van der Waals surface area contributed by atoms with Gasteiger partial charge in [0.15, 0.2) is 0 Å². The van der Waals surface area contributed by atoms with E-state index < -0.39 is 17.2 Å². The normalized spacial score (nSPS) is 18.1. The van der Waals surface area contributed by atoms with Crippen LogP contribution in [0.4, 0.5) is 0 Å². The predicted molar refractivity (Wildman–Crippen MR) is 101 cm³/mol. The summed E-state index contributed by atoms with van der Waals surface area (Å²) in [6.07, 6.45) is 0. The van der Waals surface area contributed by atoms with Gasteiger partial charge in [-0.3, -0.25) is 9.59 Å². The zero-order chi connectivity index (χ0) is 20.0. The molecule has 1 atom stereocenters. The minimum Gasteiger partial charge on any atom is -0.497 e. The molecule has 0 spiro atoms. The molecule has 1 aliphatic rings. The summed E-state index contributed by atoms with van der Waals surface area (Å²) < 4.78 is 5.14. The Labute approximate surface area is 162 Å². The van der Waals surface area contributed by atoms with E-state index in [4.69, 9.17) is 4.74 Å². The van der Waals surface area contributed by atoms with Crippen molar-refractivity contribution in [2.45, 2.75) is 20.4 Å². The Hall–Kier alpha value is -2.97. The van der Waals surface area contributed by atoms with E-state index in [9.17, 15) is 20.1 Å². The molecule has 1 aromatic carbocycles. The van der Waals surface area contributed by atoms with Gasteiger partial charge in [0.1, 0.15) is 11.7 Å². The van der Waals surface area contributed by atoms with Gasteiger partial charge in [0.05, 0.1) is 35.6 Å². The molecule has 8 heteroatoms. The van der Waals surface area contributed by atoms with Gasteiger partial charge in [-0.15, -0.1) is 0 Å². The number of carbonyl (C=O) groups is 2. The van der Waals surface area contributed by atoms with Crippen LogP contribution in [0.2, 0.25) is 0 Å². The van der Waals surface area contributed by atoms with Crippen molar-refractivity contribution in [1.29, 1.82) is 10.5 Å². The maximum absolute atomic E-state index is 12.1. The number of ether oxygens (including phenoxy) is 1. The fourth-order valence-corrected chi connectivity index (χ4v) is 3.71. The Bertz CT molecular complexity index is 864. The second-order valence-electron chi connectivity index (χ2n) is 6.51. The van der Waals surface area contributed by atoms with E-state index in [-0.39, 0.29) is 11.7 Å². The molecule has 0 aromatic heterocycles. The molecule has 0 bridgehead atoms. The highest BCUT2D eigenvalue weighted by atomic mass is 32.2. The number of carbonyl (C=O) groups excluding carboxylic acids is 2. The first-order valence-corrected chi connectivity index (χ1v) is 9.19. The molecule has 1 aromatic rings. The third kappa shape index (κ3) is 4.60. The Balaban J connectivity index is 2.01. The fourth-order valence-electron chi connectivity index (χ4n) is 2.71. The van der Waals surface area contributed by atoms with Gasteiger partial charge in [-0.25, -0.2) is 0 Å². The summed E-state index contributed by atoms with van der Waals surface area (Å²) in [7, 11) is 1.58. The lowest BCUT2D eigenvalue weighted by Gasteiger charge is -2.34. The van der Waals surface area contributed by atoms with E-state index in [0.29, 0.717) is 22.9 Å². The highest BCUT2D eigenvalue weighted by Gasteiger charge is 2.44. The number of allylic oxidation sites excluding steroid dienone is 1. The molecule has 27 heavy (non-hydrogen) atoms. The number of nitrogens with zero attached hydrogens (tertiary/aromatic N) is 2. The molecule has 1 heterocycles. The molecule has 140 valence electrons. The summed E-state index contributed by atoms with van der Waals surface area (Å²) in [6.45, 7) is 3.71. The molecule has 0 fully saturated rings. The van der Waals surface area contributed by atoms with E-state index in [1.54, 1.807) is 21.0 Å². The number of rotatable bonds is 6. The van der Waals surface area contributed by atoms with Gasteiger partial charge in [-0.05, 0) is 17.7 Å². The second-order valence-corrected chi connectivity index (χ2v) is 7.49. The SMILES string of the molecule is COc1cccc(CNC(=O)CSC2=C(C#N)C(C)(C)[C@H](C#N)C(=O)N2)c1. The Kier molecular flexibility index (Phi) is 6.49. The number of thioether (sulfide) groups is 1. The number of amides is 2. The van der Waals surface area contributed by atoms with Crippen LogP contribution in [0.5, 0.6) is 5.75 Å². The van der Waals surface area contributed by atoms with Crippen molar-refractivity contribution in [2.75, 3.05) is 12.9 Å². The summed E-state index contributed by atoms with van der Waals surface area (Å²) in [5.74, 6) is -0.890. The van der Waals surface area contributed by atoms with Crippen LogP contribution in [-0.2, 0) is 16.1 Å². The topological polar surface area (TPSA) is 115 Å². The number of methoxy groups -OCH3 is 1. The summed E-state index contributed by atoms with van der Waals surface area (Å²) in [6, 6.07) is 11.4. The Morgan fingerprint density at radius 1 is 1.41 bits per heavy atom. The van der Waals surface area contributed by atoms with Gasteiger partial charge in [0.2, 0.25) is 11.8 Å². The molecule has 0 saturated carbocycles. The van der Waals surface area contributed by atoms with Gasteiger partial charge in [-0.2, -0.15) is 10.5 Å². The molecule has 2 rings (SSSR count). The first-order valence-electron chi connectivity index (χ1n) is 8.21. The van der Waals surface area contributed by atoms with Crippen LogP contribution in [0.1, 0.15) is 19.4 Å². The molecule has 0 unspecified atom stereocenters. The van der Waals surface area contributed by atoms with Crippen molar-refractivity contribution < 1.29 is 14.3 Å². The smallest absolute Gasteiger partial charge is 0.243 e. The molecule has 2 N–H and O–H groups in total. The van der Waals surface area contributed by atoms with Crippen LogP contribution in [0.3, 0.4) is 0 Å². The molecular formula is C19H20N4O3S. The van der Waals surface area contributed by atoms with Crippen LogP contribution < -0.4 is 15.4 Å². The highest BCUT2D eigenvalue weighted by molar-refractivity contribution is 8.03. The predicted octanol–water partition coefficient (Wildman–Crippen LogP) is 2.08. The third-order valence-electron chi connectivity index (χ3n) is 4.30. The maximum Gasteiger partial charge on any atom is 0.243 e.